The predicted molar refractivity (Wildman–Crippen MR) is 178 cm³/mol. The summed E-state index contributed by atoms with van der Waals surface area (Å²) >= 11 is 0. The van der Waals surface area contributed by atoms with Gasteiger partial charge in [0, 0.05) is 41.7 Å². The molecule has 3 heterocycles. The van der Waals surface area contributed by atoms with Crippen molar-refractivity contribution in [1.29, 1.82) is 0 Å². The van der Waals surface area contributed by atoms with E-state index >= 15 is 8.78 Å². The summed E-state index contributed by atoms with van der Waals surface area (Å²) in [5.41, 5.74) is -1.04. The first kappa shape index (κ1) is 38.6. The Kier molecular flexibility index (Phi) is 11.6. The third kappa shape index (κ3) is 9.72. The van der Waals surface area contributed by atoms with E-state index in [1.165, 1.54) is 27.0 Å². The number of aliphatic hydroxyl groups is 1. The van der Waals surface area contributed by atoms with E-state index in [0.717, 1.165) is 12.1 Å². The van der Waals surface area contributed by atoms with Gasteiger partial charge >= 0.3 is 6.18 Å². The first-order chi connectivity index (χ1) is 23.8. The van der Waals surface area contributed by atoms with Crippen LogP contribution in [0.1, 0.15) is 56.6 Å². The zero-order valence-corrected chi connectivity index (χ0v) is 27.9. The first-order valence-corrected chi connectivity index (χ1v) is 15.6. The van der Waals surface area contributed by atoms with Gasteiger partial charge in [0.05, 0.1) is 17.4 Å². The molecule has 1 unspecified atom stereocenters. The second-order valence-electron chi connectivity index (χ2n) is 12.3. The van der Waals surface area contributed by atoms with Crippen LogP contribution in [0.2, 0.25) is 0 Å². The molecule has 1 aromatic carbocycles. The summed E-state index contributed by atoms with van der Waals surface area (Å²) in [6.45, 7) is 9.45. The number of alkyl halides is 5. The molecule has 0 aliphatic carbocycles. The maximum absolute atomic E-state index is 15.3. The molecule has 15 heteroatoms. The number of nitrogens with zero attached hydrogens (tertiary/aromatic N) is 4. The highest BCUT2D eigenvalue weighted by Gasteiger charge is 2.57. The van der Waals surface area contributed by atoms with E-state index in [1.54, 1.807) is 30.5 Å². The zero-order chi connectivity index (χ0) is 37.7. The third-order valence-corrected chi connectivity index (χ3v) is 7.73. The largest absolute Gasteiger partial charge is 0.397 e. The zero-order valence-electron chi connectivity index (χ0n) is 27.9. The number of halogens is 7. The quantitative estimate of drug-likeness (QED) is 0.0577. The Hall–Kier alpha value is -5.23. The molecule has 0 fully saturated rings. The Morgan fingerprint density at radius 2 is 1.78 bits per heavy atom. The van der Waals surface area contributed by atoms with Crippen molar-refractivity contribution in [2.45, 2.75) is 63.8 Å². The van der Waals surface area contributed by atoms with Crippen LogP contribution in [-0.4, -0.2) is 61.9 Å². The van der Waals surface area contributed by atoms with E-state index in [4.69, 9.17) is 0 Å². The molecule has 4 rings (SSSR count). The molecule has 3 N–H and O–H groups in total. The molecule has 4 aromatic rings. The number of nitrogens with one attached hydrogen (secondary N) is 2. The molecule has 0 aliphatic heterocycles. The topological polar surface area (TPSA) is 106 Å². The van der Waals surface area contributed by atoms with Crippen molar-refractivity contribution in [2.75, 3.05) is 6.54 Å². The van der Waals surface area contributed by atoms with Gasteiger partial charge in [-0.25, -0.2) is 18.7 Å². The monoisotopic (exact) mass is 716 g/mol. The minimum absolute atomic E-state index is 0.0694. The van der Waals surface area contributed by atoms with Gasteiger partial charge in [-0.05, 0) is 74.6 Å². The van der Waals surface area contributed by atoms with Crippen molar-refractivity contribution < 1.29 is 40.6 Å². The number of carbonyl (C=O) groups excluding carboxylic acids is 1. The highest BCUT2D eigenvalue weighted by molar-refractivity contribution is 5.83. The van der Waals surface area contributed by atoms with Crippen molar-refractivity contribution in [2.24, 2.45) is 11.0 Å². The van der Waals surface area contributed by atoms with Gasteiger partial charge in [-0.3, -0.25) is 9.80 Å². The van der Waals surface area contributed by atoms with Crippen molar-refractivity contribution in [3.63, 3.8) is 0 Å². The molecule has 270 valence electrons. The fourth-order valence-corrected chi connectivity index (χ4v) is 5.36. The van der Waals surface area contributed by atoms with Gasteiger partial charge in [-0.1, -0.05) is 25.8 Å². The number of rotatable bonds is 13. The molecule has 2 atom stereocenters. The Labute approximate surface area is 289 Å². The summed E-state index contributed by atoms with van der Waals surface area (Å²) in [5.74, 6) is -5.15. The van der Waals surface area contributed by atoms with Crippen LogP contribution in [0.3, 0.4) is 0 Å². The molecule has 0 radical (unpaired) electrons. The van der Waals surface area contributed by atoms with Crippen LogP contribution in [-0.2, 0) is 11.2 Å². The second-order valence-corrected chi connectivity index (χ2v) is 12.3. The lowest BCUT2D eigenvalue weighted by Gasteiger charge is -2.33. The number of allylic oxidation sites excluding steroid dienone is 1. The van der Waals surface area contributed by atoms with Crippen molar-refractivity contribution in [3.05, 3.63) is 95.7 Å². The molecule has 0 saturated carbocycles. The minimum atomic E-state index is -5.29. The van der Waals surface area contributed by atoms with Gasteiger partial charge in [0.15, 0.2) is 0 Å². The summed E-state index contributed by atoms with van der Waals surface area (Å²) in [6.07, 6.45) is -3.52. The molecule has 0 saturated heterocycles. The molecular formula is C36H35F7N6O2. The Morgan fingerprint density at radius 3 is 2.39 bits per heavy atom. The van der Waals surface area contributed by atoms with Gasteiger partial charge < -0.3 is 15.4 Å². The summed E-state index contributed by atoms with van der Waals surface area (Å²) in [4.78, 5) is 25.6. The number of aromatic nitrogens is 3. The van der Waals surface area contributed by atoms with Crippen LogP contribution < -0.4 is 5.32 Å². The summed E-state index contributed by atoms with van der Waals surface area (Å²) < 4.78 is 100. The molecular weight excluding hydrogens is 681 g/mol. The molecule has 0 bridgehead atoms. The van der Waals surface area contributed by atoms with Crippen LogP contribution in [0.15, 0.2) is 72.2 Å². The fraction of sp³-hybridized carbons (Fsp3) is 0.333. The smallest absolute Gasteiger partial charge is 0.378 e. The Bertz CT molecular complexity index is 1950. The number of pyridine rings is 2. The van der Waals surface area contributed by atoms with Crippen LogP contribution in [0.4, 0.5) is 30.7 Å². The predicted octanol–water partition coefficient (Wildman–Crippen LogP) is 7.47. The van der Waals surface area contributed by atoms with E-state index < -0.39 is 65.9 Å². The van der Waals surface area contributed by atoms with Crippen LogP contribution in [0.25, 0.3) is 22.2 Å². The van der Waals surface area contributed by atoms with Crippen LogP contribution >= 0.6 is 0 Å². The number of benzene rings is 1. The average Bonchev–Trinajstić information content (AvgIpc) is 3.51. The summed E-state index contributed by atoms with van der Waals surface area (Å²) in [5, 5.41) is 17.1. The van der Waals surface area contributed by atoms with Crippen molar-refractivity contribution in [1.82, 2.24) is 25.3 Å². The number of hydrogen-bond donors (Lipinski definition) is 3. The normalized spacial score (nSPS) is 13.2. The fourth-order valence-electron chi connectivity index (χ4n) is 5.36. The van der Waals surface area contributed by atoms with E-state index in [-0.39, 0.29) is 34.8 Å². The average molecular weight is 717 g/mol. The van der Waals surface area contributed by atoms with Gasteiger partial charge in [0.2, 0.25) is 5.91 Å². The highest BCUT2D eigenvalue weighted by Crippen LogP contribution is 2.45. The van der Waals surface area contributed by atoms with E-state index in [2.05, 4.69) is 50.5 Å². The molecule has 0 spiro atoms. The number of H-pyrrole nitrogens is 1. The first-order valence-electron chi connectivity index (χ1n) is 15.6. The van der Waals surface area contributed by atoms with Gasteiger partial charge in [-0.2, -0.15) is 27.1 Å². The molecule has 3 aromatic heterocycles. The van der Waals surface area contributed by atoms with E-state index in [9.17, 15) is 31.9 Å². The second kappa shape index (κ2) is 15.3. The molecule has 8 nitrogen and oxygen atoms in total. The lowest BCUT2D eigenvalue weighted by Crippen LogP contribution is -2.46. The van der Waals surface area contributed by atoms with E-state index in [0.29, 0.717) is 28.2 Å². The molecule has 51 heavy (non-hydrogen) atoms. The van der Waals surface area contributed by atoms with Crippen molar-refractivity contribution >= 4 is 23.7 Å². The maximum atomic E-state index is 15.3. The number of aromatic amines is 1. The van der Waals surface area contributed by atoms with Crippen molar-refractivity contribution in [3.8, 4) is 23.0 Å². The highest BCUT2D eigenvalue weighted by atomic mass is 19.4. The molecule has 1 amide bonds. The van der Waals surface area contributed by atoms with Gasteiger partial charge in [0.1, 0.15) is 41.0 Å². The Balaban J connectivity index is 1.80. The number of hydrazone groups is 1. The lowest BCUT2D eigenvalue weighted by atomic mass is 9.93. The van der Waals surface area contributed by atoms with Gasteiger partial charge in [-0.15, -0.1) is 0 Å². The van der Waals surface area contributed by atoms with Crippen LogP contribution in [0.5, 0.6) is 0 Å². The summed E-state index contributed by atoms with van der Waals surface area (Å²) in [6, 6.07) is 8.15. The lowest BCUT2D eigenvalue weighted by molar-refractivity contribution is -0.235. The van der Waals surface area contributed by atoms with E-state index in [1.807, 2.05) is 0 Å². The summed E-state index contributed by atoms with van der Waals surface area (Å²) in [7, 11) is 0. The third-order valence-electron chi connectivity index (χ3n) is 7.73. The maximum Gasteiger partial charge on any atom is 0.397 e. The minimum Gasteiger partial charge on any atom is -0.378 e. The van der Waals surface area contributed by atoms with Crippen LogP contribution in [0, 0.1) is 29.4 Å². The number of fused-ring (bicyclic) bond motifs is 1. The Morgan fingerprint density at radius 1 is 1.10 bits per heavy atom. The molecule has 0 aliphatic rings. The standard InChI is InChI=1S/C36H35F7N6O2/c1-6-7-30(36(41,42)43)35(39,40)21(2)49(44-5)20-31(50)48-29(16-22-14-25(37)18-26(38)15-22)32-28(9-8-27(47-32)10-12-34(3,4)51)24-17-23-11-13-45-33(23)46-19-24/h8-9,11,13-15,17-19,29-30,51H,2,5-7,16,20H2,1,3-4H3,(H,45,46)(H,48,50)/t29-,30?/m0/s1. The number of carbonyl (C=O) groups is 1. The SMILES string of the molecule is C=NN(CC(=O)N[C@@H](Cc1cc(F)cc(F)c1)c1nc(C#CC(C)(C)O)ccc1-c1cnc2[nH]ccc2c1)C(=C)C(F)(F)C(CCC)C(F)(F)F. The van der Waals surface area contributed by atoms with Gasteiger partial charge in [0.25, 0.3) is 5.92 Å². The number of amides is 1. The number of hydrogen-bond acceptors (Lipinski definition) is 6.